The molecule has 0 amide bonds. The van der Waals surface area contributed by atoms with Crippen LogP contribution in [0, 0.1) is 11.8 Å². The highest BCUT2D eigenvalue weighted by Gasteiger charge is 2.61. The molecule has 2 bridgehead atoms. The SMILES string of the molecule is O=C1OC(=O)C2C1[C@@H]1C[C@H]2c2ccccc21. The molecule has 1 saturated carbocycles. The van der Waals surface area contributed by atoms with E-state index in [-0.39, 0.29) is 35.6 Å². The number of fused-ring (bicyclic) bond motifs is 8. The Labute approximate surface area is 92.4 Å². The van der Waals surface area contributed by atoms with Gasteiger partial charge in [0.2, 0.25) is 0 Å². The van der Waals surface area contributed by atoms with Gasteiger partial charge in [0.1, 0.15) is 0 Å². The highest BCUT2D eigenvalue weighted by molar-refractivity contribution is 5.99. The first-order valence-corrected chi connectivity index (χ1v) is 5.62. The van der Waals surface area contributed by atoms with Crippen LogP contribution in [-0.4, -0.2) is 11.9 Å². The molecule has 1 heterocycles. The molecule has 2 fully saturated rings. The second kappa shape index (κ2) is 2.54. The van der Waals surface area contributed by atoms with E-state index >= 15 is 0 Å². The van der Waals surface area contributed by atoms with Crippen LogP contribution in [0.15, 0.2) is 24.3 Å². The second-order valence-electron chi connectivity index (χ2n) is 4.87. The maximum absolute atomic E-state index is 11.6. The summed E-state index contributed by atoms with van der Waals surface area (Å²) in [4.78, 5) is 23.2. The Hall–Kier alpha value is -1.64. The van der Waals surface area contributed by atoms with E-state index in [2.05, 4.69) is 12.1 Å². The Bertz CT molecular complexity index is 475. The first-order chi connectivity index (χ1) is 7.77. The minimum Gasteiger partial charge on any atom is -0.393 e. The normalized spacial score (nSPS) is 38.5. The highest BCUT2D eigenvalue weighted by Crippen LogP contribution is 2.61. The van der Waals surface area contributed by atoms with Crippen LogP contribution in [0.4, 0.5) is 0 Å². The Morgan fingerprint density at radius 1 is 0.938 bits per heavy atom. The average Bonchev–Trinajstić information content (AvgIpc) is 2.91. The van der Waals surface area contributed by atoms with Crippen molar-refractivity contribution < 1.29 is 14.3 Å². The third-order valence-electron chi connectivity index (χ3n) is 4.30. The van der Waals surface area contributed by atoms with Crippen LogP contribution in [-0.2, 0) is 14.3 Å². The monoisotopic (exact) mass is 214 g/mol. The Morgan fingerprint density at radius 3 is 1.94 bits per heavy atom. The number of ether oxygens (including phenoxy) is 1. The van der Waals surface area contributed by atoms with Gasteiger partial charge in [0.05, 0.1) is 11.8 Å². The van der Waals surface area contributed by atoms with Crippen molar-refractivity contribution in [2.24, 2.45) is 11.8 Å². The standard InChI is InChI=1S/C13H10O3/c14-12-10-8-5-9(11(10)13(15)16-12)7-4-2-1-3-6(7)8/h1-4,8-11H,5H2/t8-,9+,10?,11?. The fourth-order valence-corrected chi connectivity index (χ4v) is 3.75. The number of benzene rings is 1. The van der Waals surface area contributed by atoms with Crippen molar-refractivity contribution in [3.8, 4) is 0 Å². The van der Waals surface area contributed by atoms with Crippen LogP contribution in [0.1, 0.15) is 29.4 Å². The van der Waals surface area contributed by atoms with Gasteiger partial charge in [0.15, 0.2) is 0 Å². The molecule has 3 aliphatic rings. The number of hydrogen-bond donors (Lipinski definition) is 0. The summed E-state index contributed by atoms with van der Waals surface area (Å²) in [5, 5.41) is 0. The van der Waals surface area contributed by atoms with E-state index in [4.69, 9.17) is 4.74 Å². The van der Waals surface area contributed by atoms with Crippen molar-refractivity contribution in [3.05, 3.63) is 35.4 Å². The van der Waals surface area contributed by atoms with Gasteiger partial charge in [0.25, 0.3) is 0 Å². The van der Waals surface area contributed by atoms with Crippen LogP contribution in [0.25, 0.3) is 0 Å². The fourth-order valence-electron chi connectivity index (χ4n) is 3.75. The number of carbonyl (C=O) groups is 2. The summed E-state index contributed by atoms with van der Waals surface area (Å²) in [6.07, 6.45) is 0.940. The van der Waals surface area contributed by atoms with E-state index in [1.165, 1.54) is 11.1 Å². The van der Waals surface area contributed by atoms with Crippen molar-refractivity contribution in [2.75, 3.05) is 0 Å². The first kappa shape index (κ1) is 8.50. The summed E-state index contributed by atoms with van der Waals surface area (Å²) in [5.41, 5.74) is 2.50. The molecule has 1 saturated heterocycles. The third kappa shape index (κ3) is 0.775. The zero-order valence-corrected chi connectivity index (χ0v) is 8.55. The molecule has 4 atom stereocenters. The summed E-state index contributed by atoms with van der Waals surface area (Å²) in [6.45, 7) is 0. The van der Waals surface area contributed by atoms with Gasteiger partial charge < -0.3 is 4.74 Å². The van der Waals surface area contributed by atoms with Gasteiger partial charge in [-0.05, 0) is 29.4 Å². The summed E-state index contributed by atoms with van der Waals surface area (Å²) in [6, 6.07) is 8.14. The van der Waals surface area contributed by atoms with Crippen LogP contribution in [0.3, 0.4) is 0 Å². The van der Waals surface area contributed by atoms with Gasteiger partial charge in [-0.1, -0.05) is 24.3 Å². The smallest absolute Gasteiger partial charge is 0.318 e. The predicted octanol–water partition coefficient (Wildman–Crippen LogP) is 1.59. The molecule has 2 unspecified atom stereocenters. The molecule has 0 N–H and O–H groups in total. The molecule has 1 aromatic carbocycles. The Morgan fingerprint density at radius 2 is 1.44 bits per heavy atom. The number of esters is 2. The molecule has 4 rings (SSSR count). The number of carbonyl (C=O) groups excluding carboxylic acids is 2. The maximum atomic E-state index is 11.6. The minimum atomic E-state index is -0.308. The van der Waals surface area contributed by atoms with Gasteiger partial charge in [0, 0.05) is 0 Å². The molecular formula is C13H10O3. The second-order valence-corrected chi connectivity index (χ2v) is 4.87. The van der Waals surface area contributed by atoms with Crippen LogP contribution in [0.5, 0.6) is 0 Å². The summed E-state index contributed by atoms with van der Waals surface area (Å²) in [5.74, 6) is -0.593. The Kier molecular flexibility index (Phi) is 1.35. The zero-order chi connectivity index (χ0) is 10.9. The van der Waals surface area contributed by atoms with Gasteiger partial charge >= 0.3 is 11.9 Å². The first-order valence-electron chi connectivity index (χ1n) is 5.62. The van der Waals surface area contributed by atoms with Gasteiger partial charge in [-0.3, -0.25) is 9.59 Å². The van der Waals surface area contributed by atoms with Gasteiger partial charge in [-0.15, -0.1) is 0 Å². The molecule has 1 aliphatic heterocycles. The van der Waals surface area contributed by atoms with Crippen molar-refractivity contribution in [1.29, 1.82) is 0 Å². The molecular weight excluding hydrogens is 204 g/mol. The fraction of sp³-hybridized carbons (Fsp3) is 0.385. The van der Waals surface area contributed by atoms with Crippen molar-refractivity contribution >= 4 is 11.9 Å². The highest BCUT2D eigenvalue weighted by atomic mass is 16.6. The summed E-state index contributed by atoms with van der Waals surface area (Å²) >= 11 is 0. The summed E-state index contributed by atoms with van der Waals surface area (Å²) < 4.78 is 4.76. The van der Waals surface area contributed by atoms with Crippen LogP contribution >= 0.6 is 0 Å². The minimum absolute atomic E-state index is 0.201. The largest absolute Gasteiger partial charge is 0.393 e. The molecule has 2 aliphatic carbocycles. The van der Waals surface area contributed by atoms with Crippen molar-refractivity contribution in [1.82, 2.24) is 0 Å². The van der Waals surface area contributed by atoms with E-state index in [0.717, 1.165) is 6.42 Å². The molecule has 0 aromatic heterocycles. The molecule has 0 spiro atoms. The van der Waals surface area contributed by atoms with E-state index in [1.807, 2.05) is 12.1 Å². The maximum Gasteiger partial charge on any atom is 0.318 e. The quantitative estimate of drug-likeness (QED) is 0.486. The lowest BCUT2D eigenvalue weighted by molar-refractivity contribution is -0.154. The van der Waals surface area contributed by atoms with E-state index in [1.54, 1.807) is 0 Å². The number of rotatable bonds is 0. The molecule has 16 heavy (non-hydrogen) atoms. The Balaban J connectivity index is 1.92. The zero-order valence-electron chi connectivity index (χ0n) is 8.55. The van der Waals surface area contributed by atoms with Gasteiger partial charge in [-0.25, -0.2) is 0 Å². The van der Waals surface area contributed by atoms with Crippen LogP contribution < -0.4 is 0 Å². The third-order valence-corrected chi connectivity index (χ3v) is 4.30. The molecule has 3 nitrogen and oxygen atoms in total. The van der Waals surface area contributed by atoms with Crippen LogP contribution in [0.2, 0.25) is 0 Å². The average molecular weight is 214 g/mol. The number of hydrogen-bond acceptors (Lipinski definition) is 3. The number of cyclic esters (lactones) is 2. The lowest BCUT2D eigenvalue weighted by Gasteiger charge is -2.21. The lowest BCUT2D eigenvalue weighted by atomic mass is 9.77. The molecule has 0 radical (unpaired) electrons. The molecule has 80 valence electrons. The molecule has 1 aromatic rings. The van der Waals surface area contributed by atoms with E-state index in [0.29, 0.717) is 0 Å². The lowest BCUT2D eigenvalue weighted by Crippen LogP contribution is -2.23. The predicted molar refractivity (Wildman–Crippen MR) is 54.6 cm³/mol. The van der Waals surface area contributed by atoms with E-state index < -0.39 is 0 Å². The van der Waals surface area contributed by atoms with E-state index in [9.17, 15) is 9.59 Å². The topological polar surface area (TPSA) is 43.4 Å². The van der Waals surface area contributed by atoms with Crippen molar-refractivity contribution in [3.63, 3.8) is 0 Å². The van der Waals surface area contributed by atoms with Crippen molar-refractivity contribution in [2.45, 2.75) is 18.3 Å². The van der Waals surface area contributed by atoms with Gasteiger partial charge in [-0.2, -0.15) is 0 Å². The summed E-state index contributed by atoms with van der Waals surface area (Å²) in [7, 11) is 0. The molecule has 3 heteroatoms.